The number of ether oxygens (including phenoxy) is 1. The Balaban J connectivity index is 2.22. The SMILES string of the molecule is COC(C)(C)Cc1cc(-c2ccncc2)nc2c(C)cccc12. The molecule has 1 aromatic carbocycles. The van der Waals surface area contributed by atoms with Crippen LogP contribution < -0.4 is 0 Å². The van der Waals surface area contributed by atoms with E-state index in [2.05, 4.69) is 50.0 Å². The maximum absolute atomic E-state index is 5.64. The zero-order chi connectivity index (χ0) is 16.4. The van der Waals surface area contributed by atoms with Crippen molar-refractivity contribution in [3.8, 4) is 11.3 Å². The van der Waals surface area contributed by atoms with Gasteiger partial charge in [0.15, 0.2) is 0 Å². The van der Waals surface area contributed by atoms with Crippen molar-refractivity contribution in [2.45, 2.75) is 32.8 Å². The third kappa shape index (κ3) is 3.25. The average molecular weight is 306 g/mol. The van der Waals surface area contributed by atoms with Crippen LogP contribution in [0, 0.1) is 6.92 Å². The molecule has 3 rings (SSSR count). The lowest BCUT2D eigenvalue weighted by Gasteiger charge is -2.24. The van der Waals surface area contributed by atoms with Gasteiger partial charge in [-0.2, -0.15) is 0 Å². The summed E-state index contributed by atoms with van der Waals surface area (Å²) in [5.41, 5.74) is 5.36. The maximum Gasteiger partial charge on any atom is 0.0741 e. The Bertz CT molecular complexity index is 826. The van der Waals surface area contributed by atoms with Gasteiger partial charge in [0.1, 0.15) is 0 Å². The van der Waals surface area contributed by atoms with Crippen LogP contribution in [-0.4, -0.2) is 22.7 Å². The lowest BCUT2D eigenvalue weighted by molar-refractivity contribution is 0.0235. The number of aromatic nitrogens is 2. The van der Waals surface area contributed by atoms with E-state index in [1.165, 1.54) is 16.5 Å². The van der Waals surface area contributed by atoms with Crippen molar-refractivity contribution < 1.29 is 4.74 Å². The largest absolute Gasteiger partial charge is 0.378 e. The third-order valence-electron chi connectivity index (χ3n) is 4.27. The van der Waals surface area contributed by atoms with Crippen LogP contribution in [0.15, 0.2) is 48.8 Å². The van der Waals surface area contributed by atoms with E-state index in [4.69, 9.17) is 9.72 Å². The molecule has 2 heterocycles. The molecule has 0 aliphatic carbocycles. The minimum absolute atomic E-state index is 0.215. The van der Waals surface area contributed by atoms with Crippen LogP contribution in [0.5, 0.6) is 0 Å². The van der Waals surface area contributed by atoms with Crippen molar-refractivity contribution >= 4 is 10.9 Å². The molecule has 0 amide bonds. The fourth-order valence-electron chi connectivity index (χ4n) is 2.81. The maximum atomic E-state index is 5.64. The molecule has 0 aliphatic heterocycles. The van der Waals surface area contributed by atoms with Crippen LogP contribution in [0.1, 0.15) is 25.0 Å². The summed E-state index contributed by atoms with van der Waals surface area (Å²) in [6, 6.07) is 12.5. The predicted octanol–water partition coefficient (Wildman–Crippen LogP) is 4.57. The number of rotatable bonds is 4. The first kappa shape index (κ1) is 15.6. The van der Waals surface area contributed by atoms with Gasteiger partial charge in [-0.25, -0.2) is 4.98 Å². The standard InChI is InChI=1S/C20H22N2O/c1-14-6-5-7-17-16(13-20(2,3)23-4)12-18(22-19(14)17)15-8-10-21-11-9-15/h5-12H,13H2,1-4H3. The summed E-state index contributed by atoms with van der Waals surface area (Å²) in [5.74, 6) is 0. The molecule has 0 aliphatic rings. The summed E-state index contributed by atoms with van der Waals surface area (Å²) >= 11 is 0. The molecule has 0 radical (unpaired) electrons. The van der Waals surface area contributed by atoms with Crippen molar-refractivity contribution in [3.63, 3.8) is 0 Å². The topological polar surface area (TPSA) is 35.0 Å². The first-order chi connectivity index (χ1) is 11.0. The second kappa shape index (κ2) is 6.09. The van der Waals surface area contributed by atoms with Crippen molar-refractivity contribution in [2.75, 3.05) is 7.11 Å². The van der Waals surface area contributed by atoms with Crippen LogP contribution in [-0.2, 0) is 11.2 Å². The minimum atomic E-state index is -0.215. The highest BCUT2D eigenvalue weighted by Gasteiger charge is 2.20. The van der Waals surface area contributed by atoms with Crippen LogP contribution >= 0.6 is 0 Å². The predicted molar refractivity (Wildman–Crippen MR) is 94.5 cm³/mol. The summed E-state index contributed by atoms with van der Waals surface area (Å²) in [5, 5.41) is 1.20. The molecule has 3 aromatic rings. The molecule has 3 heteroatoms. The Morgan fingerprint density at radius 3 is 2.52 bits per heavy atom. The van der Waals surface area contributed by atoms with Gasteiger partial charge in [0.05, 0.1) is 16.8 Å². The minimum Gasteiger partial charge on any atom is -0.378 e. The Labute approximate surface area is 137 Å². The molecule has 3 nitrogen and oxygen atoms in total. The number of benzene rings is 1. The highest BCUT2D eigenvalue weighted by atomic mass is 16.5. The van der Waals surface area contributed by atoms with Crippen molar-refractivity contribution in [1.29, 1.82) is 0 Å². The Hall–Kier alpha value is -2.26. The van der Waals surface area contributed by atoms with E-state index in [1.807, 2.05) is 12.1 Å². The van der Waals surface area contributed by atoms with Crippen LogP contribution in [0.2, 0.25) is 0 Å². The summed E-state index contributed by atoms with van der Waals surface area (Å²) < 4.78 is 5.64. The summed E-state index contributed by atoms with van der Waals surface area (Å²) in [4.78, 5) is 8.99. The molecule has 0 atom stereocenters. The molecule has 0 N–H and O–H groups in total. The summed E-state index contributed by atoms with van der Waals surface area (Å²) in [6.45, 7) is 6.33. The van der Waals surface area contributed by atoms with Crippen LogP contribution in [0.25, 0.3) is 22.2 Å². The average Bonchev–Trinajstić information content (AvgIpc) is 2.56. The van der Waals surface area contributed by atoms with Gasteiger partial charge in [0.25, 0.3) is 0 Å². The number of hydrogen-bond acceptors (Lipinski definition) is 3. The number of pyridine rings is 2. The fraction of sp³-hybridized carbons (Fsp3) is 0.300. The van der Waals surface area contributed by atoms with Crippen LogP contribution in [0.4, 0.5) is 0 Å². The summed E-state index contributed by atoms with van der Waals surface area (Å²) in [7, 11) is 1.76. The highest BCUT2D eigenvalue weighted by molar-refractivity contribution is 5.87. The number of nitrogens with zero attached hydrogens (tertiary/aromatic N) is 2. The summed E-state index contributed by atoms with van der Waals surface area (Å²) in [6.07, 6.45) is 4.44. The second-order valence-corrected chi connectivity index (χ2v) is 6.51. The van der Waals surface area contributed by atoms with Crippen LogP contribution in [0.3, 0.4) is 0 Å². The first-order valence-corrected chi connectivity index (χ1v) is 7.85. The van der Waals surface area contributed by atoms with E-state index in [0.717, 1.165) is 23.2 Å². The quantitative estimate of drug-likeness (QED) is 0.708. The van der Waals surface area contributed by atoms with Gasteiger partial charge < -0.3 is 4.74 Å². The van der Waals surface area contributed by atoms with E-state index < -0.39 is 0 Å². The Kier molecular flexibility index (Phi) is 4.14. The van der Waals surface area contributed by atoms with E-state index >= 15 is 0 Å². The van der Waals surface area contributed by atoms with E-state index in [0.29, 0.717) is 0 Å². The number of aryl methyl sites for hydroxylation is 1. The molecule has 0 spiro atoms. The third-order valence-corrected chi connectivity index (χ3v) is 4.27. The van der Waals surface area contributed by atoms with Crippen molar-refractivity contribution in [2.24, 2.45) is 0 Å². The zero-order valence-electron chi connectivity index (χ0n) is 14.1. The number of hydrogen-bond donors (Lipinski definition) is 0. The number of fused-ring (bicyclic) bond motifs is 1. The molecule has 0 bridgehead atoms. The normalized spacial score (nSPS) is 11.8. The lowest BCUT2D eigenvalue weighted by Crippen LogP contribution is -2.25. The van der Waals surface area contributed by atoms with E-state index in [1.54, 1.807) is 19.5 Å². The van der Waals surface area contributed by atoms with Gasteiger partial charge in [-0.3, -0.25) is 4.98 Å². The van der Waals surface area contributed by atoms with Crippen molar-refractivity contribution in [1.82, 2.24) is 9.97 Å². The monoisotopic (exact) mass is 306 g/mol. The fourth-order valence-corrected chi connectivity index (χ4v) is 2.81. The van der Waals surface area contributed by atoms with Gasteiger partial charge in [0.2, 0.25) is 0 Å². The molecule has 0 fully saturated rings. The molecule has 23 heavy (non-hydrogen) atoms. The molecule has 2 aromatic heterocycles. The van der Waals surface area contributed by atoms with Gasteiger partial charge in [-0.1, -0.05) is 18.2 Å². The Morgan fingerprint density at radius 2 is 1.83 bits per heavy atom. The highest BCUT2D eigenvalue weighted by Crippen LogP contribution is 2.29. The van der Waals surface area contributed by atoms with Gasteiger partial charge in [-0.05, 0) is 50.1 Å². The van der Waals surface area contributed by atoms with Gasteiger partial charge in [0, 0.05) is 36.9 Å². The molecule has 118 valence electrons. The van der Waals surface area contributed by atoms with E-state index in [9.17, 15) is 0 Å². The molecular weight excluding hydrogens is 284 g/mol. The zero-order valence-corrected chi connectivity index (χ0v) is 14.1. The first-order valence-electron chi connectivity index (χ1n) is 7.85. The smallest absolute Gasteiger partial charge is 0.0741 e. The van der Waals surface area contributed by atoms with Crippen molar-refractivity contribution in [3.05, 3.63) is 59.9 Å². The van der Waals surface area contributed by atoms with E-state index in [-0.39, 0.29) is 5.60 Å². The molecule has 0 unspecified atom stereocenters. The number of methoxy groups -OCH3 is 1. The Morgan fingerprint density at radius 1 is 1.09 bits per heavy atom. The number of para-hydroxylation sites is 1. The lowest BCUT2D eigenvalue weighted by atomic mass is 9.93. The van der Waals surface area contributed by atoms with Gasteiger partial charge >= 0.3 is 0 Å². The van der Waals surface area contributed by atoms with Gasteiger partial charge in [-0.15, -0.1) is 0 Å². The molecule has 0 saturated carbocycles. The second-order valence-electron chi connectivity index (χ2n) is 6.51. The molecule has 0 saturated heterocycles. The molecular formula is C20H22N2O.